The van der Waals surface area contributed by atoms with Crippen molar-refractivity contribution in [2.45, 2.75) is 72.4 Å². The number of fused-ring (bicyclic) bond motifs is 6. The Hall–Kier alpha value is -7.40. The molecule has 0 spiro atoms. The van der Waals surface area contributed by atoms with Crippen molar-refractivity contribution in [1.82, 2.24) is 39.3 Å². The molecule has 6 heterocycles. The lowest BCUT2D eigenvalue weighted by Gasteiger charge is -2.36. The SMILES string of the molecule is CCCCn1cc2c(n1)c(N)nc1cc(N3CCN(CCOCCOCCOCCOCCOCCOCCOCCOCCOCCOCCC(=O)Oc4c(F)c(F)cc(F)c4F)CC3)ccc12.CCCCn1cc2c(n1)c(N)nc1cc(N3CCN(CCOCCOCCOCCOCCOCCOCCOCCOCCOCCOCCC(C)=O)CC3)ccc12. The fourth-order valence-corrected chi connectivity index (χ4v) is 13.1. The van der Waals surface area contributed by atoms with Gasteiger partial charge in [0.25, 0.3) is 0 Å². The van der Waals surface area contributed by atoms with E-state index in [1.54, 1.807) is 6.92 Å². The second-order valence-electron chi connectivity index (χ2n) is 29.8. The zero-order valence-corrected chi connectivity index (χ0v) is 75.2. The number of halogens is 4. The summed E-state index contributed by atoms with van der Waals surface area (Å²) in [6, 6.07) is 13.0. The Balaban J connectivity index is 0.000000320. The number of esters is 1. The molecule has 4 N–H and O–H groups in total. The van der Waals surface area contributed by atoms with E-state index in [2.05, 4.69) is 97.2 Å². The number of rotatable bonds is 75. The summed E-state index contributed by atoms with van der Waals surface area (Å²) in [5.74, 6) is -8.40. The van der Waals surface area contributed by atoms with Gasteiger partial charge in [0.2, 0.25) is 17.4 Å². The highest BCUT2D eigenvalue weighted by Gasteiger charge is 2.25. The molecule has 35 nitrogen and oxygen atoms in total. The van der Waals surface area contributed by atoms with Crippen LogP contribution < -0.4 is 26.0 Å². The number of hydrogen-bond acceptors (Lipinski definition) is 33. The van der Waals surface area contributed by atoms with Crippen molar-refractivity contribution in [3.63, 3.8) is 0 Å². The summed E-state index contributed by atoms with van der Waals surface area (Å²) in [6.45, 7) is 35.2. The molecule has 0 atom stereocenters. The Bertz CT molecular complexity index is 4110. The lowest BCUT2D eigenvalue weighted by molar-refractivity contribution is -0.136. The van der Waals surface area contributed by atoms with Crippen molar-refractivity contribution in [3.8, 4) is 5.75 Å². The number of ether oxygens (including phenoxy) is 21. The van der Waals surface area contributed by atoms with E-state index in [0.717, 1.165) is 154 Å². The molecule has 2 saturated heterocycles. The molecule has 0 radical (unpaired) electrons. The minimum absolute atomic E-state index is 0.0202. The zero-order valence-electron chi connectivity index (χ0n) is 75.2. The maximum atomic E-state index is 13.6. The first kappa shape index (κ1) is 106. The lowest BCUT2D eigenvalue weighted by Crippen LogP contribution is -2.47. The van der Waals surface area contributed by atoms with E-state index in [1.165, 1.54) is 5.69 Å². The van der Waals surface area contributed by atoms with Crippen molar-refractivity contribution in [3.05, 3.63) is 78.1 Å². The van der Waals surface area contributed by atoms with Gasteiger partial charge in [0.05, 0.1) is 282 Å². The second kappa shape index (κ2) is 66.0. The molecule has 0 saturated carbocycles. The first-order valence-corrected chi connectivity index (χ1v) is 44.9. The van der Waals surface area contributed by atoms with Crippen LogP contribution in [0.5, 0.6) is 5.75 Å². The Morgan fingerprint density at radius 1 is 0.336 bits per heavy atom. The van der Waals surface area contributed by atoms with Crippen molar-refractivity contribution >= 4 is 78.4 Å². The summed E-state index contributed by atoms with van der Waals surface area (Å²) in [5.41, 5.74) is 18.4. The molecule has 0 amide bonds. The van der Waals surface area contributed by atoms with Crippen LogP contribution in [0.1, 0.15) is 59.3 Å². The fraction of sp³-hybridized carbons (Fsp3) is 0.685. The number of Topliss-reactive ketones (excluding diaryl/α,β-unsaturated/α-hetero) is 1. The maximum absolute atomic E-state index is 13.6. The van der Waals surface area contributed by atoms with Gasteiger partial charge in [-0.15, -0.1) is 0 Å². The number of carbonyl (C=O) groups is 2. The highest BCUT2D eigenvalue weighted by molar-refractivity contribution is 6.09. The number of aromatic nitrogens is 6. The molecule has 2 aliphatic rings. The highest BCUT2D eigenvalue weighted by Crippen LogP contribution is 2.33. The summed E-state index contributed by atoms with van der Waals surface area (Å²) in [7, 11) is 0. The molecule has 0 aliphatic carbocycles. The average molecular weight is 1820 g/mol. The molecule has 128 heavy (non-hydrogen) atoms. The number of ketones is 1. The third-order valence-corrected chi connectivity index (χ3v) is 20.1. The third-order valence-electron chi connectivity index (χ3n) is 20.1. The number of nitrogens with zero attached hydrogens (tertiary/aromatic N) is 10. The van der Waals surface area contributed by atoms with Crippen LogP contribution in [-0.4, -0.2) is 381 Å². The zero-order chi connectivity index (χ0) is 90.5. The molecule has 3 aromatic carbocycles. The van der Waals surface area contributed by atoms with Crippen LogP contribution in [0.2, 0.25) is 0 Å². The van der Waals surface area contributed by atoms with Crippen molar-refractivity contribution in [2.24, 2.45) is 0 Å². The standard InChI is InChI=1S/C47H68F4N6O12.C42H70N6O11/c1-2-3-7-57-35-38-37-5-4-36(33-41(37)53-47(52)45(38)54-57)56-10-8-55(9-11-56)12-14-60-16-18-62-20-22-64-24-26-66-28-30-68-32-31-67-29-27-65-25-23-63-21-19-61-17-15-59-13-6-42(58)69-46-43(50)39(48)34-40(49)44(46)51;1-3-4-8-48-35-39-38-6-5-37(34-40(38)44-42(43)41(39)45-48)47-11-9-46(10-12-47)13-15-51-17-19-53-21-23-55-25-27-57-29-31-59-33-32-58-30-28-56-26-24-54-22-20-52-18-16-50-14-7-36(2)49/h4-5,33-35H,2-3,6-32H2,1H3,(H2,52,53);5-6,34-35H,3-4,7-33H2,1-2H3,(H2,43,44). The normalized spacial score (nSPS) is 13.5. The number of hydrogen-bond donors (Lipinski definition) is 2. The summed E-state index contributed by atoms with van der Waals surface area (Å²) < 4.78 is 172. The predicted molar refractivity (Wildman–Crippen MR) is 474 cm³/mol. The molecule has 39 heteroatoms. The number of carbonyl (C=O) groups excluding carboxylic acids is 2. The molecule has 7 aromatic rings. The number of benzene rings is 3. The largest absolute Gasteiger partial charge is 0.420 e. The summed E-state index contributed by atoms with van der Waals surface area (Å²) in [5, 5.41) is 13.7. The van der Waals surface area contributed by atoms with E-state index in [9.17, 15) is 27.2 Å². The van der Waals surface area contributed by atoms with Gasteiger partial charge in [0.15, 0.2) is 23.3 Å². The molecule has 0 bridgehead atoms. The summed E-state index contributed by atoms with van der Waals surface area (Å²) >= 11 is 0. The molecule has 9 rings (SSSR count). The van der Waals surface area contributed by atoms with Gasteiger partial charge < -0.3 is 121 Å². The quantitative estimate of drug-likeness (QED) is 0.0120. The molecule has 2 fully saturated rings. The smallest absolute Gasteiger partial charge is 0.313 e. The molecule has 2 aliphatic heterocycles. The Morgan fingerprint density at radius 3 is 0.875 bits per heavy atom. The van der Waals surface area contributed by atoms with E-state index in [1.807, 2.05) is 9.36 Å². The molecule has 720 valence electrons. The van der Waals surface area contributed by atoms with Crippen LogP contribution in [0.25, 0.3) is 43.6 Å². The van der Waals surface area contributed by atoms with E-state index >= 15 is 0 Å². The van der Waals surface area contributed by atoms with Gasteiger partial charge in [-0.25, -0.2) is 18.7 Å². The van der Waals surface area contributed by atoms with Crippen LogP contribution in [0.3, 0.4) is 0 Å². The van der Waals surface area contributed by atoms with Crippen molar-refractivity contribution in [1.29, 1.82) is 0 Å². The molecular formula is C89H138F4N12O23. The van der Waals surface area contributed by atoms with Crippen molar-refractivity contribution < 1.29 is 127 Å². The van der Waals surface area contributed by atoms with Gasteiger partial charge >= 0.3 is 5.97 Å². The predicted octanol–water partition coefficient (Wildman–Crippen LogP) is 8.04. The highest BCUT2D eigenvalue weighted by atomic mass is 19.2. The van der Waals surface area contributed by atoms with Crippen LogP contribution in [0.4, 0.5) is 40.6 Å². The average Bonchev–Trinajstić information content (AvgIpc) is 1.59. The number of pyridine rings is 2. The van der Waals surface area contributed by atoms with Crippen LogP contribution in [0.15, 0.2) is 54.9 Å². The van der Waals surface area contributed by atoms with Gasteiger partial charge in [-0.2, -0.15) is 19.0 Å². The molecule has 0 unspecified atom stereocenters. The molecule has 4 aromatic heterocycles. The number of aryl methyl sites for hydroxylation is 2. The monoisotopic (exact) mass is 1820 g/mol. The van der Waals surface area contributed by atoms with E-state index < -0.39 is 41.4 Å². The first-order chi connectivity index (χ1) is 62.8. The fourth-order valence-electron chi connectivity index (χ4n) is 13.1. The van der Waals surface area contributed by atoms with Gasteiger partial charge in [0, 0.05) is 136 Å². The van der Waals surface area contributed by atoms with Gasteiger partial charge in [-0.1, -0.05) is 38.8 Å². The van der Waals surface area contributed by atoms with Crippen LogP contribution in [-0.2, 0) is 117 Å². The summed E-state index contributed by atoms with van der Waals surface area (Å²) in [4.78, 5) is 41.6. The minimum atomic E-state index is -1.79. The van der Waals surface area contributed by atoms with Crippen molar-refractivity contribution in [2.75, 3.05) is 351 Å². The maximum Gasteiger partial charge on any atom is 0.313 e. The Morgan fingerprint density at radius 2 is 0.602 bits per heavy atom. The molecular weight excluding hydrogens is 1680 g/mol. The van der Waals surface area contributed by atoms with Gasteiger partial charge in [0.1, 0.15) is 16.8 Å². The number of unbranched alkanes of at least 4 members (excludes halogenated alkanes) is 2. The lowest BCUT2D eigenvalue weighted by atomic mass is 10.1. The van der Waals surface area contributed by atoms with Crippen LogP contribution in [0, 0.1) is 23.3 Å². The Kier molecular flexibility index (Phi) is 54.7. The number of piperazine rings is 2. The minimum Gasteiger partial charge on any atom is -0.420 e. The summed E-state index contributed by atoms with van der Waals surface area (Å²) in [6.07, 6.45) is 8.64. The topological polar surface area (TPSA) is 354 Å². The number of anilines is 4. The third kappa shape index (κ3) is 42.4. The van der Waals surface area contributed by atoms with E-state index in [4.69, 9.17) is 116 Å². The van der Waals surface area contributed by atoms with Gasteiger partial charge in [-0.05, 0) is 44.0 Å². The number of nitrogens with two attached hydrogens (primary N) is 2. The first-order valence-electron chi connectivity index (χ1n) is 44.9. The number of nitrogen functional groups attached to an aromatic ring is 2. The Labute approximate surface area is 748 Å². The van der Waals surface area contributed by atoms with Gasteiger partial charge in [-0.3, -0.25) is 28.8 Å². The second-order valence-corrected chi connectivity index (χ2v) is 29.8. The van der Waals surface area contributed by atoms with Crippen LogP contribution >= 0.6 is 0 Å². The van der Waals surface area contributed by atoms with E-state index in [-0.39, 0.29) is 31.7 Å². The van der Waals surface area contributed by atoms with E-state index in [0.29, 0.717) is 263 Å².